The average Bonchev–Trinajstić information content (AvgIpc) is 2.86. The van der Waals surface area contributed by atoms with Crippen molar-refractivity contribution in [3.8, 4) is 0 Å². The fraction of sp³-hybridized carbons (Fsp3) is 0.417. The van der Waals surface area contributed by atoms with Gasteiger partial charge >= 0.3 is 0 Å². The van der Waals surface area contributed by atoms with Crippen LogP contribution in [0, 0.1) is 0 Å². The number of hydrogen-bond acceptors (Lipinski definition) is 4. The molecule has 0 radical (unpaired) electrons. The van der Waals surface area contributed by atoms with Crippen molar-refractivity contribution in [3.63, 3.8) is 0 Å². The highest BCUT2D eigenvalue weighted by Gasteiger charge is 2.43. The molecule has 4 nitrogen and oxygen atoms in total. The van der Waals surface area contributed by atoms with E-state index in [1.54, 1.807) is 6.07 Å². The van der Waals surface area contributed by atoms with Crippen molar-refractivity contribution in [1.29, 1.82) is 0 Å². The van der Waals surface area contributed by atoms with Crippen LogP contribution in [0.15, 0.2) is 22.6 Å². The van der Waals surface area contributed by atoms with Gasteiger partial charge in [-0.1, -0.05) is 17.7 Å². The number of fused-ring (bicyclic) bond motifs is 1. The maximum Gasteiger partial charge on any atom is 0.205 e. The minimum Gasteiger partial charge on any atom is -0.438 e. The number of oxazole rings is 1. The summed E-state index contributed by atoms with van der Waals surface area (Å²) in [5.74, 6) is 0.602. The van der Waals surface area contributed by atoms with Crippen LogP contribution < -0.4 is 5.73 Å². The number of para-hydroxylation sites is 1. The molecule has 1 aromatic carbocycles. The first-order valence-electron chi connectivity index (χ1n) is 5.50. The van der Waals surface area contributed by atoms with Crippen LogP contribution in [0.4, 0.5) is 0 Å². The molecule has 0 amide bonds. The number of ether oxygens (including phenoxy) is 1. The summed E-state index contributed by atoms with van der Waals surface area (Å²) in [6, 6.07) is 5.41. The number of aromatic nitrogens is 1. The Morgan fingerprint density at radius 3 is 3.00 bits per heavy atom. The SMILES string of the molecule is CC1(c2nc3cccc(Cl)c3o2)COCC1N. The summed E-state index contributed by atoms with van der Waals surface area (Å²) in [5, 5.41) is 0.567. The molecule has 3 rings (SSSR count). The van der Waals surface area contributed by atoms with Gasteiger partial charge in [0.15, 0.2) is 5.58 Å². The third-order valence-electron chi connectivity index (χ3n) is 3.37. The number of rotatable bonds is 1. The van der Waals surface area contributed by atoms with Gasteiger partial charge < -0.3 is 14.9 Å². The van der Waals surface area contributed by atoms with Crippen molar-refractivity contribution >= 4 is 22.7 Å². The highest BCUT2D eigenvalue weighted by atomic mass is 35.5. The molecule has 1 fully saturated rings. The smallest absolute Gasteiger partial charge is 0.205 e. The fourth-order valence-corrected chi connectivity index (χ4v) is 2.28. The lowest BCUT2D eigenvalue weighted by atomic mass is 9.86. The molecular weight excluding hydrogens is 240 g/mol. The number of nitrogens with two attached hydrogens (primary N) is 1. The molecule has 0 saturated carbocycles. The van der Waals surface area contributed by atoms with Gasteiger partial charge in [-0.15, -0.1) is 0 Å². The summed E-state index contributed by atoms with van der Waals surface area (Å²) in [5.41, 5.74) is 7.05. The highest BCUT2D eigenvalue weighted by molar-refractivity contribution is 6.34. The summed E-state index contributed by atoms with van der Waals surface area (Å²) in [4.78, 5) is 4.47. The highest BCUT2D eigenvalue weighted by Crippen LogP contribution is 2.34. The summed E-state index contributed by atoms with van der Waals surface area (Å²) >= 11 is 6.06. The Morgan fingerprint density at radius 1 is 1.53 bits per heavy atom. The minimum absolute atomic E-state index is 0.102. The van der Waals surface area contributed by atoms with Gasteiger partial charge in [0.1, 0.15) is 5.52 Å². The molecule has 2 unspecified atom stereocenters. The van der Waals surface area contributed by atoms with Crippen LogP contribution in [0.25, 0.3) is 11.1 Å². The number of nitrogens with zero attached hydrogens (tertiary/aromatic N) is 1. The molecule has 2 N–H and O–H groups in total. The van der Waals surface area contributed by atoms with Crippen molar-refractivity contribution < 1.29 is 9.15 Å². The molecule has 1 aliphatic heterocycles. The molecule has 1 aliphatic rings. The topological polar surface area (TPSA) is 61.3 Å². The molecule has 1 saturated heterocycles. The van der Waals surface area contributed by atoms with Gasteiger partial charge in [0.25, 0.3) is 0 Å². The van der Waals surface area contributed by atoms with Gasteiger partial charge in [0.05, 0.1) is 23.7 Å². The van der Waals surface area contributed by atoms with E-state index in [1.807, 2.05) is 19.1 Å². The van der Waals surface area contributed by atoms with Gasteiger partial charge in [-0.2, -0.15) is 0 Å². The quantitative estimate of drug-likeness (QED) is 0.844. The van der Waals surface area contributed by atoms with Crippen molar-refractivity contribution in [2.75, 3.05) is 13.2 Å². The fourth-order valence-electron chi connectivity index (χ4n) is 2.07. The summed E-state index contributed by atoms with van der Waals surface area (Å²) in [6.07, 6.45) is 0. The van der Waals surface area contributed by atoms with Gasteiger partial charge in [-0.25, -0.2) is 4.98 Å². The summed E-state index contributed by atoms with van der Waals surface area (Å²) < 4.78 is 11.1. The van der Waals surface area contributed by atoms with E-state index in [1.165, 1.54) is 0 Å². The van der Waals surface area contributed by atoms with E-state index in [0.29, 0.717) is 29.7 Å². The van der Waals surface area contributed by atoms with E-state index in [-0.39, 0.29) is 11.5 Å². The molecule has 2 heterocycles. The van der Waals surface area contributed by atoms with E-state index in [9.17, 15) is 0 Å². The zero-order chi connectivity index (χ0) is 12.0. The van der Waals surface area contributed by atoms with Crippen LogP contribution in [-0.4, -0.2) is 24.2 Å². The maximum atomic E-state index is 6.06. The number of halogens is 1. The molecule has 0 aliphatic carbocycles. The molecule has 2 aromatic rings. The first-order valence-corrected chi connectivity index (χ1v) is 5.88. The maximum absolute atomic E-state index is 6.06. The number of hydrogen-bond donors (Lipinski definition) is 1. The largest absolute Gasteiger partial charge is 0.438 e. The van der Waals surface area contributed by atoms with Crippen LogP contribution in [0.5, 0.6) is 0 Å². The predicted molar refractivity (Wildman–Crippen MR) is 65.2 cm³/mol. The van der Waals surface area contributed by atoms with E-state index >= 15 is 0 Å². The third-order valence-corrected chi connectivity index (χ3v) is 3.67. The normalized spacial score (nSPS) is 29.0. The first kappa shape index (κ1) is 11.0. The lowest BCUT2D eigenvalue weighted by Crippen LogP contribution is -2.42. The van der Waals surface area contributed by atoms with Crippen molar-refractivity contribution in [1.82, 2.24) is 4.98 Å². The second kappa shape index (κ2) is 3.70. The first-order chi connectivity index (χ1) is 8.11. The molecule has 90 valence electrons. The van der Waals surface area contributed by atoms with Crippen LogP contribution in [0.3, 0.4) is 0 Å². The molecule has 0 bridgehead atoms. The second-order valence-corrected chi connectivity index (χ2v) is 5.05. The summed E-state index contributed by atoms with van der Waals surface area (Å²) in [7, 11) is 0. The van der Waals surface area contributed by atoms with Crippen LogP contribution >= 0.6 is 11.6 Å². The average molecular weight is 253 g/mol. The van der Waals surface area contributed by atoms with Crippen molar-refractivity contribution in [3.05, 3.63) is 29.1 Å². The Morgan fingerprint density at radius 2 is 2.35 bits per heavy atom. The monoisotopic (exact) mass is 252 g/mol. The molecular formula is C12H13ClN2O2. The lowest BCUT2D eigenvalue weighted by Gasteiger charge is -2.22. The van der Waals surface area contributed by atoms with Crippen molar-refractivity contribution in [2.45, 2.75) is 18.4 Å². The van der Waals surface area contributed by atoms with E-state index in [2.05, 4.69) is 4.98 Å². The molecule has 2 atom stereocenters. The molecule has 5 heteroatoms. The predicted octanol–water partition coefficient (Wildman–Crippen LogP) is 2.10. The molecule has 17 heavy (non-hydrogen) atoms. The van der Waals surface area contributed by atoms with Crippen LogP contribution in [0.1, 0.15) is 12.8 Å². The Hall–Kier alpha value is -1.10. The van der Waals surface area contributed by atoms with Crippen LogP contribution in [-0.2, 0) is 10.2 Å². The van der Waals surface area contributed by atoms with Gasteiger partial charge in [-0.05, 0) is 19.1 Å². The number of benzene rings is 1. The second-order valence-electron chi connectivity index (χ2n) is 4.65. The molecule has 0 spiro atoms. The Kier molecular flexibility index (Phi) is 2.40. The lowest BCUT2D eigenvalue weighted by molar-refractivity contribution is 0.173. The van der Waals surface area contributed by atoms with Gasteiger partial charge in [0, 0.05) is 6.04 Å². The molecule has 1 aromatic heterocycles. The van der Waals surface area contributed by atoms with Crippen molar-refractivity contribution in [2.24, 2.45) is 5.73 Å². The van der Waals surface area contributed by atoms with Crippen LogP contribution in [0.2, 0.25) is 5.02 Å². The van der Waals surface area contributed by atoms with E-state index in [4.69, 9.17) is 26.5 Å². The van der Waals surface area contributed by atoms with E-state index < -0.39 is 0 Å². The Balaban J connectivity index is 2.15. The zero-order valence-corrected chi connectivity index (χ0v) is 10.2. The zero-order valence-electron chi connectivity index (χ0n) is 9.44. The standard InChI is InChI=1S/C12H13ClN2O2/c1-12(6-16-5-9(12)14)11-15-8-4-2-3-7(13)10(8)17-11/h2-4,9H,5-6,14H2,1H3. The summed E-state index contributed by atoms with van der Waals surface area (Å²) in [6.45, 7) is 3.06. The third kappa shape index (κ3) is 1.56. The Labute approximate surface area is 104 Å². The Bertz CT molecular complexity index is 569. The van der Waals surface area contributed by atoms with E-state index in [0.717, 1.165) is 5.52 Å². The minimum atomic E-state index is -0.373. The van der Waals surface area contributed by atoms with Gasteiger partial charge in [-0.3, -0.25) is 0 Å². The van der Waals surface area contributed by atoms with Gasteiger partial charge in [0.2, 0.25) is 5.89 Å².